The van der Waals surface area contributed by atoms with Crippen LogP contribution in [0.4, 0.5) is 5.69 Å². The van der Waals surface area contributed by atoms with E-state index in [-0.39, 0.29) is 5.91 Å². The maximum Gasteiger partial charge on any atom is 0.354 e. The van der Waals surface area contributed by atoms with Crippen molar-refractivity contribution in [2.75, 3.05) is 12.4 Å². The molecule has 0 saturated carbocycles. The first-order valence-electron chi connectivity index (χ1n) is 6.81. The minimum Gasteiger partial charge on any atom is -0.464 e. The number of esters is 1. The first kappa shape index (κ1) is 14.8. The van der Waals surface area contributed by atoms with Crippen molar-refractivity contribution in [3.05, 3.63) is 53.9 Å². The third-order valence-corrected chi connectivity index (χ3v) is 3.28. The van der Waals surface area contributed by atoms with Crippen molar-refractivity contribution < 1.29 is 14.3 Å². The van der Waals surface area contributed by atoms with Gasteiger partial charge in [0.05, 0.1) is 19.0 Å². The van der Waals surface area contributed by atoms with Crippen molar-refractivity contribution in [3.63, 3.8) is 0 Å². The van der Waals surface area contributed by atoms with Gasteiger partial charge in [-0.1, -0.05) is 23.7 Å². The molecule has 3 aromatic rings. The Balaban J connectivity index is 1.85. The zero-order chi connectivity index (χ0) is 16.4. The van der Waals surface area contributed by atoms with Gasteiger partial charge < -0.3 is 15.0 Å². The summed E-state index contributed by atoms with van der Waals surface area (Å²) in [6, 6.07) is 10.0. The van der Waals surface area contributed by atoms with E-state index in [0.717, 1.165) is 0 Å². The summed E-state index contributed by atoms with van der Waals surface area (Å²) in [5, 5.41) is 3.43. The van der Waals surface area contributed by atoms with Crippen LogP contribution in [0.5, 0.6) is 0 Å². The lowest BCUT2D eigenvalue weighted by atomic mass is 9.94. The minimum absolute atomic E-state index is 0.290. The second kappa shape index (κ2) is 5.96. The zero-order valence-electron chi connectivity index (χ0n) is 12.3. The third kappa shape index (κ3) is 3.08. The van der Waals surface area contributed by atoms with Gasteiger partial charge >= 0.3 is 5.97 Å². The van der Waals surface area contributed by atoms with E-state index in [0.29, 0.717) is 33.4 Å². The standard InChI is InChI=1S/C16H12BN3O3/c1-23-16(22)13-7-10-6-12(8-18-14(10)20-13)19-15(21)9-3-2-4-11(17)5-9/h2-8H,1H3,(H,18,20)(H,19,21). The van der Waals surface area contributed by atoms with Crippen LogP contribution in [0, 0.1) is 0 Å². The molecule has 3 rings (SSSR count). The Morgan fingerprint density at radius 3 is 2.83 bits per heavy atom. The molecule has 7 heteroatoms. The van der Waals surface area contributed by atoms with Gasteiger partial charge in [-0.15, -0.1) is 0 Å². The molecule has 23 heavy (non-hydrogen) atoms. The number of H-pyrrole nitrogens is 1. The maximum absolute atomic E-state index is 12.2. The molecule has 0 atom stereocenters. The van der Waals surface area contributed by atoms with Crippen LogP contribution in [-0.2, 0) is 4.74 Å². The molecule has 0 unspecified atom stereocenters. The van der Waals surface area contributed by atoms with Gasteiger partial charge in [0.1, 0.15) is 19.2 Å². The number of hydrogen-bond acceptors (Lipinski definition) is 4. The van der Waals surface area contributed by atoms with E-state index in [4.69, 9.17) is 7.85 Å². The maximum atomic E-state index is 12.2. The fourth-order valence-corrected chi connectivity index (χ4v) is 2.19. The number of nitrogens with one attached hydrogen (secondary N) is 2. The van der Waals surface area contributed by atoms with Crippen molar-refractivity contribution >= 4 is 41.9 Å². The summed E-state index contributed by atoms with van der Waals surface area (Å²) in [7, 11) is 6.97. The Bertz CT molecular complexity index is 904. The number of hydrogen-bond donors (Lipinski definition) is 2. The van der Waals surface area contributed by atoms with E-state index in [1.54, 1.807) is 36.4 Å². The summed E-state index contributed by atoms with van der Waals surface area (Å²) < 4.78 is 4.65. The molecule has 0 aliphatic carbocycles. The molecule has 0 spiro atoms. The van der Waals surface area contributed by atoms with Crippen LogP contribution >= 0.6 is 0 Å². The predicted octanol–water partition coefficient (Wildman–Crippen LogP) is 1.40. The number of ether oxygens (including phenoxy) is 1. The molecule has 0 saturated heterocycles. The number of carbonyl (C=O) groups excluding carboxylic acids is 2. The molecule has 0 fully saturated rings. The predicted molar refractivity (Wildman–Crippen MR) is 87.2 cm³/mol. The number of anilines is 1. The summed E-state index contributed by atoms with van der Waals surface area (Å²) in [6.07, 6.45) is 1.50. The molecular weight excluding hydrogens is 293 g/mol. The van der Waals surface area contributed by atoms with Gasteiger partial charge in [0.25, 0.3) is 5.91 Å². The summed E-state index contributed by atoms with van der Waals surface area (Å²) >= 11 is 0. The largest absolute Gasteiger partial charge is 0.464 e. The number of rotatable bonds is 3. The van der Waals surface area contributed by atoms with Crippen molar-refractivity contribution in [1.29, 1.82) is 0 Å². The van der Waals surface area contributed by atoms with Gasteiger partial charge in [0, 0.05) is 10.9 Å². The Hall–Kier alpha value is -3.09. The Morgan fingerprint density at radius 1 is 1.26 bits per heavy atom. The molecule has 2 N–H and O–H groups in total. The lowest BCUT2D eigenvalue weighted by Crippen LogP contribution is -2.14. The second-order valence-electron chi connectivity index (χ2n) is 4.92. The molecule has 2 heterocycles. The third-order valence-electron chi connectivity index (χ3n) is 3.28. The highest BCUT2D eigenvalue weighted by molar-refractivity contribution is 6.32. The van der Waals surface area contributed by atoms with E-state index in [1.807, 2.05) is 0 Å². The monoisotopic (exact) mass is 305 g/mol. The van der Waals surface area contributed by atoms with Crippen LogP contribution in [0.25, 0.3) is 11.0 Å². The summed E-state index contributed by atoms with van der Waals surface area (Å²) in [5.74, 6) is -0.768. The number of benzene rings is 1. The summed E-state index contributed by atoms with van der Waals surface area (Å²) in [4.78, 5) is 30.7. The van der Waals surface area contributed by atoms with Gasteiger partial charge in [0.2, 0.25) is 0 Å². The molecule has 2 aromatic heterocycles. The van der Waals surface area contributed by atoms with E-state index in [1.165, 1.54) is 13.3 Å². The van der Waals surface area contributed by atoms with Crippen LogP contribution < -0.4 is 10.8 Å². The number of aromatic nitrogens is 2. The second-order valence-corrected chi connectivity index (χ2v) is 4.92. The van der Waals surface area contributed by atoms with Crippen LogP contribution in [0.3, 0.4) is 0 Å². The van der Waals surface area contributed by atoms with E-state index in [2.05, 4.69) is 20.0 Å². The quantitative estimate of drug-likeness (QED) is 0.566. The first-order valence-corrected chi connectivity index (χ1v) is 6.81. The molecular formula is C16H12BN3O3. The summed E-state index contributed by atoms with van der Waals surface area (Å²) in [5.41, 5.74) is 2.32. The average molecular weight is 305 g/mol. The number of carbonyl (C=O) groups is 2. The van der Waals surface area contributed by atoms with Gasteiger partial charge in [0.15, 0.2) is 0 Å². The fraction of sp³-hybridized carbons (Fsp3) is 0.0625. The van der Waals surface area contributed by atoms with Gasteiger partial charge in [-0.25, -0.2) is 9.78 Å². The first-order chi connectivity index (χ1) is 11.1. The lowest BCUT2D eigenvalue weighted by molar-refractivity contribution is 0.0595. The average Bonchev–Trinajstić information content (AvgIpc) is 2.97. The zero-order valence-corrected chi connectivity index (χ0v) is 12.3. The number of methoxy groups -OCH3 is 1. The number of aromatic amines is 1. The molecule has 1 amide bonds. The molecule has 0 aliphatic rings. The van der Waals surface area contributed by atoms with E-state index < -0.39 is 5.97 Å². The summed E-state index contributed by atoms with van der Waals surface area (Å²) in [6.45, 7) is 0. The topological polar surface area (TPSA) is 84.1 Å². The Morgan fingerprint density at radius 2 is 2.09 bits per heavy atom. The number of nitrogens with zero attached hydrogens (tertiary/aromatic N) is 1. The van der Waals surface area contributed by atoms with Crippen molar-refractivity contribution in [1.82, 2.24) is 9.97 Å². The van der Waals surface area contributed by atoms with Gasteiger partial charge in [-0.2, -0.15) is 0 Å². The van der Waals surface area contributed by atoms with Crippen LogP contribution in [0.2, 0.25) is 0 Å². The molecule has 0 bridgehead atoms. The highest BCUT2D eigenvalue weighted by atomic mass is 16.5. The number of pyridine rings is 1. The van der Waals surface area contributed by atoms with E-state index >= 15 is 0 Å². The number of amides is 1. The SMILES string of the molecule is [B]c1cccc(C(=O)Nc2cnc3[nH]c(C(=O)OC)cc3c2)c1. The van der Waals surface area contributed by atoms with Gasteiger partial charge in [-0.05, 0) is 18.2 Å². The molecule has 112 valence electrons. The Kier molecular flexibility index (Phi) is 3.84. The van der Waals surface area contributed by atoms with Crippen molar-refractivity contribution in [3.8, 4) is 0 Å². The van der Waals surface area contributed by atoms with E-state index in [9.17, 15) is 9.59 Å². The van der Waals surface area contributed by atoms with Gasteiger partial charge in [-0.3, -0.25) is 4.79 Å². The molecule has 1 aromatic carbocycles. The molecule has 0 aliphatic heterocycles. The Labute approximate surface area is 133 Å². The smallest absolute Gasteiger partial charge is 0.354 e. The highest BCUT2D eigenvalue weighted by Gasteiger charge is 2.12. The number of fused-ring (bicyclic) bond motifs is 1. The van der Waals surface area contributed by atoms with Crippen molar-refractivity contribution in [2.24, 2.45) is 0 Å². The highest BCUT2D eigenvalue weighted by Crippen LogP contribution is 2.18. The van der Waals surface area contributed by atoms with Crippen LogP contribution in [0.15, 0.2) is 42.6 Å². The molecule has 2 radical (unpaired) electrons. The van der Waals surface area contributed by atoms with Crippen LogP contribution in [-0.4, -0.2) is 36.8 Å². The van der Waals surface area contributed by atoms with Crippen molar-refractivity contribution in [2.45, 2.75) is 0 Å². The minimum atomic E-state index is -0.478. The normalized spacial score (nSPS) is 10.5. The molecule has 6 nitrogen and oxygen atoms in total. The lowest BCUT2D eigenvalue weighted by Gasteiger charge is -2.05. The van der Waals surface area contributed by atoms with Crippen LogP contribution in [0.1, 0.15) is 20.8 Å². The fourth-order valence-electron chi connectivity index (χ4n) is 2.19.